The van der Waals surface area contributed by atoms with Crippen LogP contribution in [0.3, 0.4) is 0 Å². The number of pyridine rings is 1. The lowest BCUT2D eigenvalue weighted by atomic mass is 10.1. The Morgan fingerprint density at radius 1 is 1.23 bits per heavy atom. The fourth-order valence-electron chi connectivity index (χ4n) is 2.02. The molecule has 114 valence electrons. The number of carbonyl (C=O) groups excluding carboxylic acids is 2. The van der Waals surface area contributed by atoms with Crippen LogP contribution in [0.15, 0.2) is 48.0 Å². The van der Waals surface area contributed by atoms with Crippen LogP contribution in [0.4, 0.5) is 0 Å². The molecule has 0 fully saturated rings. The van der Waals surface area contributed by atoms with Gasteiger partial charge in [-0.2, -0.15) is 0 Å². The van der Waals surface area contributed by atoms with Crippen LogP contribution in [0.1, 0.15) is 30.8 Å². The van der Waals surface area contributed by atoms with Crippen LogP contribution >= 0.6 is 0 Å². The van der Waals surface area contributed by atoms with E-state index in [0.29, 0.717) is 6.42 Å². The van der Waals surface area contributed by atoms with Crippen LogP contribution in [0.25, 0.3) is 10.9 Å². The molecule has 1 heterocycles. The molecule has 0 saturated heterocycles. The summed E-state index contributed by atoms with van der Waals surface area (Å²) in [5.41, 5.74) is 7.39. The van der Waals surface area contributed by atoms with E-state index < -0.39 is 17.9 Å². The van der Waals surface area contributed by atoms with Gasteiger partial charge in [-0.15, -0.1) is 0 Å². The fourth-order valence-corrected chi connectivity index (χ4v) is 2.02. The van der Waals surface area contributed by atoms with Gasteiger partial charge in [-0.25, -0.2) is 4.98 Å². The quantitative estimate of drug-likeness (QED) is 0.829. The van der Waals surface area contributed by atoms with Crippen molar-refractivity contribution < 1.29 is 9.59 Å². The molecule has 0 saturated carbocycles. The van der Waals surface area contributed by atoms with Gasteiger partial charge in [-0.1, -0.05) is 35.9 Å². The number of para-hydroxylation sites is 1. The lowest BCUT2D eigenvalue weighted by Gasteiger charge is -2.13. The van der Waals surface area contributed by atoms with Crippen LogP contribution in [0, 0.1) is 0 Å². The van der Waals surface area contributed by atoms with Gasteiger partial charge < -0.3 is 11.1 Å². The zero-order chi connectivity index (χ0) is 16.1. The molecule has 2 rings (SSSR count). The van der Waals surface area contributed by atoms with Crippen molar-refractivity contribution in [3.8, 4) is 0 Å². The van der Waals surface area contributed by atoms with E-state index in [0.717, 1.165) is 16.5 Å². The summed E-state index contributed by atoms with van der Waals surface area (Å²) >= 11 is 0. The molecule has 5 heteroatoms. The maximum Gasteiger partial charge on any atom is 0.270 e. The largest absolute Gasteiger partial charge is 0.368 e. The molecular formula is C17H19N3O2. The van der Waals surface area contributed by atoms with Gasteiger partial charge in [0.2, 0.25) is 5.91 Å². The Morgan fingerprint density at radius 2 is 1.95 bits per heavy atom. The van der Waals surface area contributed by atoms with Gasteiger partial charge in [0, 0.05) is 5.39 Å². The van der Waals surface area contributed by atoms with E-state index in [4.69, 9.17) is 5.73 Å². The van der Waals surface area contributed by atoms with E-state index in [9.17, 15) is 9.59 Å². The highest BCUT2D eigenvalue weighted by molar-refractivity contribution is 5.97. The summed E-state index contributed by atoms with van der Waals surface area (Å²) in [4.78, 5) is 28.0. The highest BCUT2D eigenvalue weighted by atomic mass is 16.2. The first-order valence-corrected chi connectivity index (χ1v) is 7.06. The lowest BCUT2D eigenvalue weighted by molar-refractivity contribution is -0.119. The number of aromatic nitrogens is 1. The van der Waals surface area contributed by atoms with Gasteiger partial charge >= 0.3 is 0 Å². The number of rotatable bonds is 5. The summed E-state index contributed by atoms with van der Waals surface area (Å²) in [5, 5.41) is 3.59. The van der Waals surface area contributed by atoms with Gasteiger partial charge in [0.15, 0.2) is 0 Å². The highest BCUT2D eigenvalue weighted by Crippen LogP contribution is 2.12. The number of amides is 2. The molecule has 0 aliphatic rings. The monoisotopic (exact) mass is 297 g/mol. The van der Waals surface area contributed by atoms with Crippen molar-refractivity contribution >= 4 is 22.7 Å². The van der Waals surface area contributed by atoms with Crippen LogP contribution in [-0.4, -0.2) is 22.8 Å². The van der Waals surface area contributed by atoms with Crippen LogP contribution in [0.5, 0.6) is 0 Å². The van der Waals surface area contributed by atoms with E-state index in [1.807, 2.05) is 50.3 Å². The summed E-state index contributed by atoms with van der Waals surface area (Å²) in [5.74, 6) is -0.969. The third-order valence-corrected chi connectivity index (χ3v) is 3.24. The van der Waals surface area contributed by atoms with Crippen molar-refractivity contribution in [3.05, 3.63) is 53.7 Å². The second-order valence-corrected chi connectivity index (χ2v) is 5.33. The third kappa shape index (κ3) is 3.91. The maximum atomic E-state index is 12.2. The molecular weight excluding hydrogens is 278 g/mol. The molecule has 0 unspecified atom stereocenters. The molecule has 0 aliphatic carbocycles. The number of allylic oxidation sites excluding steroid dienone is 1. The molecule has 2 aromatic rings. The average molecular weight is 297 g/mol. The fraction of sp³-hybridized carbons (Fsp3) is 0.235. The predicted molar refractivity (Wildman–Crippen MR) is 86.2 cm³/mol. The Balaban J connectivity index is 2.17. The van der Waals surface area contributed by atoms with Gasteiger partial charge in [0.1, 0.15) is 11.7 Å². The minimum atomic E-state index is -0.740. The Bertz CT molecular complexity index is 734. The van der Waals surface area contributed by atoms with Gasteiger partial charge in [-0.3, -0.25) is 9.59 Å². The van der Waals surface area contributed by atoms with Gasteiger partial charge in [0.05, 0.1) is 5.52 Å². The number of benzene rings is 1. The van der Waals surface area contributed by atoms with Crippen molar-refractivity contribution in [1.82, 2.24) is 10.3 Å². The first-order valence-electron chi connectivity index (χ1n) is 7.06. The minimum Gasteiger partial charge on any atom is -0.368 e. The molecule has 1 aromatic carbocycles. The molecule has 0 bridgehead atoms. The van der Waals surface area contributed by atoms with Crippen LogP contribution in [0.2, 0.25) is 0 Å². The molecule has 0 radical (unpaired) electrons. The van der Waals surface area contributed by atoms with Crippen molar-refractivity contribution in [3.63, 3.8) is 0 Å². The van der Waals surface area contributed by atoms with Crippen molar-refractivity contribution in [2.75, 3.05) is 0 Å². The number of nitrogens with zero attached hydrogens (tertiary/aromatic N) is 1. The van der Waals surface area contributed by atoms with E-state index in [2.05, 4.69) is 10.3 Å². The number of hydrogen-bond donors (Lipinski definition) is 2. The smallest absolute Gasteiger partial charge is 0.270 e. The second-order valence-electron chi connectivity index (χ2n) is 5.33. The molecule has 3 N–H and O–H groups in total. The Morgan fingerprint density at radius 3 is 2.64 bits per heavy atom. The summed E-state index contributed by atoms with van der Waals surface area (Å²) in [7, 11) is 0. The Kier molecular flexibility index (Phi) is 4.88. The minimum absolute atomic E-state index is 0.266. The number of fused-ring (bicyclic) bond motifs is 1. The normalized spacial score (nSPS) is 11.7. The first-order chi connectivity index (χ1) is 10.5. The Hall–Kier alpha value is -2.69. The van der Waals surface area contributed by atoms with Crippen LogP contribution in [-0.2, 0) is 4.79 Å². The first kappa shape index (κ1) is 15.7. The molecule has 5 nitrogen and oxygen atoms in total. The highest BCUT2D eigenvalue weighted by Gasteiger charge is 2.18. The average Bonchev–Trinajstić information content (AvgIpc) is 2.50. The zero-order valence-electron chi connectivity index (χ0n) is 12.7. The SMILES string of the molecule is CC(C)=CC[C@@H](NC(=O)c1ccc2ccccc2n1)C(N)=O. The van der Waals surface area contributed by atoms with Gasteiger partial charge in [0.25, 0.3) is 5.91 Å². The molecule has 2 amide bonds. The lowest BCUT2D eigenvalue weighted by Crippen LogP contribution is -2.44. The van der Waals surface area contributed by atoms with Gasteiger partial charge in [-0.05, 0) is 32.4 Å². The molecule has 22 heavy (non-hydrogen) atoms. The van der Waals surface area contributed by atoms with Crippen molar-refractivity contribution in [1.29, 1.82) is 0 Å². The Labute approximate surface area is 129 Å². The molecule has 1 atom stereocenters. The number of nitrogens with two attached hydrogens (primary N) is 1. The van der Waals surface area contributed by atoms with Crippen molar-refractivity contribution in [2.45, 2.75) is 26.3 Å². The topological polar surface area (TPSA) is 85.1 Å². The molecule has 0 spiro atoms. The summed E-state index contributed by atoms with van der Waals surface area (Å²) in [6.07, 6.45) is 2.24. The third-order valence-electron chi connectivity index (χ3n) is 3.24. The van der Waals surface area contributed by atoms with E-state index in [1.165, 1.54) is 0 Å². The van der Waals surface area contributed by atoms with E-state index >= 15 is 0 Å². The number of hydrogen-bond acceptors (Lipinski definition) is 3. The molecule has 1 aromatic heterocycles. The number of nitrogens with one attached hydrogen (secondary N) is 1. The standard InChI is InChI=1S/C17H19N3O2/c1-11(2)7-9-14(16(18)21)20-17(22)15-10-8-12-5-3-4-6-13(12)19-15/h3-8,10,14H,9H2,1-2H3,(H2,18,21)(H,20,22)/t14-/m1/s1. The van der Waals surface area contributed by atoms with E-state index in [1.54, 1.807) is 6.07 Å². The zero-order valence-corrected chi connectivity index (χ0v) is 12.7. The second kappa shape index (κ2) is 6.85. The predicted octanol–water partition coefficient (Wildman–Crippen LogP) is 2.17. The summed E-state index contributed by atoms with van der Waals surface area (Å²) in [6.45, 7) is 3.84. The summed E-state index contributed by atoms with van der Waals surface area (Å²) in [6, 6.07) is 10.2. The number of carbonyl (C=O) groups is 2. The maximum absolute atomic E-state index is 12.2. The van der Waals surface area contributed by atoms with E-state index in [-0.39, 0.29) is 5.69 Å². The van der Waals surface area contributed by atoms with Crippen molar-refractivity contribution in [2.24, 2.45) is 5.73 Å². The number of primary amides is 1. The molecule has 0 aliphatic heterocycles. The summed E-state index contributed by atoms with van der Waals surface area (Å²) < 4.78 is 0. The van der Waals surface area contributed by atoms with Crippen LogP contribution < -0.4 is 11.1 Å².